The molecule has 2 aliphatic heterocycles. The maximum Gasteiger partial charge on any atom is 0.449 e. The van der Waals surface area contributed by atoms with Gasteiger partial charge in [-0.1, -0.05) is 6.92 Å². The summed E-state index contributed by atoms with van der Waals surface area (Å²) >= 11 is 0. The van der Waals surface area contributed by atoms with Crippen LogP contribution >= 0.6 is 0 Å². The fraction of sp³-hybridized carbons (Fsp3) is 1.00. The summed E-state index contributed by atoms with van der Waals surface area (Å²) in [5.41, 5.74) is -4.79. The normalized spacial score (nSPS) is 40.5. The van der Waals surface area contributed by atoms with Gasteiger partial charge >= 0.3 is 35.8 Å². The Bertz CT molecular complexity index is 765. The van der Waals surface area contributed by atoms with Crippen LogP contribution < -0.4 is 0 Å². The van der Waals surface area contributed by atoms with Crippen molar-refractivity contribution in [2.75, 3.05) is 19.8 Å². The molecule has 2 heterocycles. The monoisotopic (exact) mass is 524 g/mol. The van der Waals surface area contributed by atoms with Gasteiger partial charge in [-0.2, -0.15) is 43.9 Å². The molecule has 4 nitrogen and oxygen atoms in total. The Hall–Kier alpha value is -1.14. The highest BCUT2D eigenvalue weighted by molar-refractivity contribution is 5.13. The number of rotatable bonds is 3. The average Bonchev–Trinajstić information content (AvgIpc) is 2.60. The molecule has 0 aromatic heterocycles. The number of hydrogen-bond donors (Lipinski definition) is 1. The molecule has 0 amide bonds. The molecular weight excluding hydrogens is 510 g/mol. The third-order valence-electron chi connectivity index (χ3n) is 5.79. The van der Waals surface area contributed by atoms with E-state index in [-0.39, 0.29) is 6.92 Å². The predicted molar refractivity (Wildman–Crippen MR) is 74.7 cm³/mol. The molecule has 2 aliphatic rings. The fourth-order valence-corrected chi connectivity index (χ4v) is 3.21. The van der Waals surface area contributed by atoms with Gasteiger partial charge in [0, 0.05) is 0 Å². The molecule has 1 N–H and O–H groups in total. The minimum absolute atomic E-state index is 0.103. The molecule has 0 bridgehead atoms. The lowest BCUT2D eigenvalue weighted by Gasteiger charge is -2.54. The Labute approximate surface area is 174 Å². The molecule has 33 heavy (non-hydrogen) atoms. The Kier molecular flexibility index (Phi) is 6.12. The second-order valence-electron chi connectivity index (χ2n) is 7.84. The number of ether oxygens (including phenoxy) is 3. The zero-order chi connectivity index (χ0) is 26.3. The van der Waals surface area contributed by atoms with Crippen LogP contribution in [-0.4, -0.2) is 72.5 Å². The van der Waals surface area contributed by atoms with E-state index in [0.29, 0.717) is 0 Å². The first-order chi connectivity index (χ1) is 14.3. The number of alkyl halides is 14. The van der Waals surface area contributed by atoms with Gasteiger partial charge < -0.3 is 19.3 Å². The van der Waals surface area contributed by atoms with Crippen LogP contribution in [0.3, 0.4) is 0 Å². The quantitative estimate of drug-likeness (QED) is 0.542. The van der Waals surface area contributed by atoms with E-state index in [1.165, 1.54) is 0 Å². The van der Waals surface area contributed by atoms with Crippen molar-refractivity contribution in [3.63, 3.8) is 0 Å². The van der Waals surface area contributed by atoms with Crippen molar-refractivity contribution in [2.45, 2.75) is 61.5 Å². The minimum Gasteiger partial charge on any atom is -0.354 e. The number of aliphatic hydroxyl groups is 1. The maximum atomic E-state index is 14.6. The second-order valence-corrected chi connectivity index (χ2v) is 7.84. The van der Waals surface area contributed by atoms with Gasteiger partial charge in [0.2, 0.25) is 0 Å². The van der Waals surface area contributed by atoms with Crippen molar-refractivity contribution in [3.8, 4) is 0 Å². The molecule has 0 spiro atoms. The van der Waals surface area contributed by atoms with Crippen LogP contribution in [0, 0.1) is 11.3 Å². The molecular formula is C15H14F14O4. The molecule has 18 heteroatoms. The Balaban J connectivity index is 2.61. The molecule has 2 unspecified atom stereocenters. The highest BCUT2D eigenvalue weighted by Crippen LogP contribution is 2.63. The summed E-state index contributed by atoms with van der Waals surface area (Å²) in [5, 5.41) is 9.29. The van der Waals surface area contributed by atoms with Crippen molar-refractivity contribution >= 4 is 0 Å². The van der Waals surface area contributed by atoms with E-state index in [4.69, 9.17) is 0 Å². The molecule has 2 rings (SSSR count). The fourth-order valence-electron chi connectivity index (χ4n) is 3.21. The lowest BCUT2D eigenvalue weighted by molar-refractivity contribution is -0.515. The summed E-state index contributed by atoms with van der Waals surface area (Å²) < 4.78 is 203. The third kappa shape index (κ3) is 3.49. The van der Waals surface area contributed by atoms with Gasteiger partial charge in [-0.15, -0.1) is 0 Å². The SMILES string of the molecule is C[C@H]1C(F)(F)COC(OC[C@@]2(C)C(F)(F)COC(O)(C(F)(F)F)C2(F)F)(C(F)(F)F)C1(F)F. The summed E-state index contributed by atoms with van der Waals surface area (Å²) in [5.74, 6) is -36.6. The molecule has 2 fully saturated rings. The Morgan fingerprint density at radius 1 is 0.848 bits per heavy atom. The van der Waals surface area contributed by atoms with Crippen LogP contribution in [0.5, 0.6) is 0 Å². The second kappa shape index (κ2) is 7.19. The van der Waals surface area contributed by atoms with Crippen LogP contribution in [-0.2, 0) is 14.2 Å². The summed E-state index contributed by atoms with van der Waals surface area (Å²) in [4.78, 5) is 0. The zero-order valence-corrected chi connectivity index (χ0v) is 16.2. The first kappa shape index (κ1) is 28.1. The van der Waals surface area contributed by atoms with Crippen molar-refractivity contribution in [2.24, 2.45) is 11.3 Å². The van der Waals surface area contributed by atoms with Gasteiger partial charge in [0.15, 0.2) is 0 Å². The van der Waals surface area contributed by atoms with Gasteiger partial charge in [0.25, 0.3) is 11.8 Å². The van der Waals surface area contributed by atoms with Crippen molar-refractivity contribution in [3.05, 3.63) is 0 Å². The number of hydrogen-bond acceptors (Lipinski definition) is 4. The molecule has 0 aromatic carbocycles. The summed E-state index contributed by atoms with van der Waals surface area (Å²) in [6, 6.07) is 0. The largest absolute Gasteiger partial charge is 0.449 e. The van der Waals surface area contributed by atoms with E-state index >= 15 is 0 Å². The average molecular weight is 524 g/mol. The van der Waals surface area contributed by atoms with Crippen LogP contribution in [0.15, 0.2) is 0 Å². The van der Waals surface area contributed by atoms with E-state index in [2.05, 4.69) is 14.2 Å². The van der Waals surface area contributed by atoms with Gasteiger partial charge in [-0.05, 0) is 6.92 Å². The first-order valence-electron chi connectivity index (χ1n) is 8.56. The molecule has 2 saturated heterocycles. The third-order valence-corrected chi connectivity index (χ3v) is 5.79. The highest BCUT2D eigenvalue weighted by Gasteiger charge is 2.86. The van der Waals surface area contributed by atoms with Crippen molar-refractivity contribution in [1.29, 1.82) is 0 Å². The van der Waals surface area contributed by atoms with E-state index in [1.807, 2.05) is 0 Å². The summed E-state index contributed by atoms with van der Waals surface area (Å²) in [6.45, 7) is -8.64. The molecule has 0 radical (unpaired) electrons. The lowest BCUT2D eigenvalue weighted by atomic mass is 9.72. The van der Waals surface area contributed by atoms with Gasteiger partial charge in [0.05, 0.1) is 12.5 Å². The van der Waals surface area contributed by atoms with E-state index in [9.17, 15) is 66.6 Å². The predicted octanol–water partition coefficient (Wildman–Crippen LogP) is 4.76. The van der Waals surface area contributed by atoms with Gasteiger partial charge in [-0.25, -0.2) is 17.6 Å². The van der Waals surface area contributed by atoms with E-state index < -0.39 is 85.7 Å². The summed E-state index contributed by atoms with van der Waals surface area (Å²) in [6.07, 6.45) is -13.0. The van der Waals surface area contributed by atoms with Gasteiger partial charge in [-0.3, -0.25) is 0 Å². The highest BCUT2D eigenvalue weighted by atomic mass is 19.4. The Morgan fingerprint density at radius 2 is 1.33 bits per heavy atom. The molecule has 0 aromatic rings. The van der Waals surface area contributed by atoms with Crippen molar-refractivity contribution < 1.29 is 80.8 Å². The van der Waals surface area contributed by atoms with E-state index in [0.717, 1.165) is 0 Å². The smallest absolute Gasteiger partial charge is 0.354 e. The topological polar surface area (TPSA) is 47.9 Å². The van der Waals surface area contributed by atoms with Crippen LogP contribution in [0.25, 0.3) is 0 Å². The Morgan fingerprint density at radius 3 is 1.76 bits per heavy atom. The minimum atomic E-state index is -6.53. The van der Waals surface area contributed by atoms with Crippen LogP contribution in [0.1, 0.15) is 13.8 Å². The van der Waals surface area contributed by atoms with Gasteiger partial charge in [0.1, 0.15) is 18.6 Å². The molecule has 0 aliphatic carbocycles. The lowest BCUT2D eigenvalue weighted by Crippen LogP contribution is -2.77. The van der Waals surface area contributed by atoms with Crippen LogP contribution in [0.4, 0.5) is 61.5 Å². The molecule has 4 atom stereocenters. The summed E-state index contributed by atoms with van der Waals surface area (Å²) in [7, 11) is 0. The molecule has 0 saturated carbocycles. The molecule has 196 valence electrons. The standard InChI is InChI=1S/C15H14F14O4/c1-6-8(16,17)4-33-13(10(6,20)21,15(27,28)29)32-3-7(2)9(18,19)5-31-12(30,11(7,22)23)14(24,25)26/h6,30H,3-5H2,1-2H3/t6-,7-,12?,13?/m0/s1. The maximum absolute atomic E-state index is 14.6. The first-order valence-corrected chi connectivity index (χ1v) is 8.56. The van der Waals surface area contributed by atoms with Crippen LogP contribution in [0.2, 0.25) is 0 Å². The zero-order valence-electron chi connectivity index (χ0n) is 16.2. The van der Waals surface area contributed by atoms with E-state index in [1.54, 1.807) is 0 Å². The van der Waals surface area contributed by atoms with Crippen molar-refractivity contribution in [1.82, 2.24) is 0 Å². The number of halogens is 14.